The molecule has 0 aromatic rings. The Balaban J connectivity index is 3.77. The van der Waals surface area contributed by atoms with Crippen LogP contribution >= 0.6 is 0 Å². The van der Waals surface area contributed by atoms with Crippen LogP contribution in [-0.4, -0.2) is 18.5 Å². The molecule has 1 heteroatoms. The average Bonchev–Trinajstić information content (AvgIpc) is 2.11. The van der Waals surface area contributed by atoms with E-state index in [4.69, 9.17) is 0 Å². The maximum Gasteiger partial charge on any atom is 0.0143 e. The zero-order chi connectivity index (χ0) is 10.4. The Kier molecular flexibility index (Phi) is 5.52. The molecule has 0 radical (unpaired) electrons. The first-order chi connectivity index (χ1) is 5.99. The van der Waals surface area contributed by atoms with E-state index in [1.165, 1.54) is 11.3 Å². The molecule has 0 spiro atoms. The lowest BCUT2D eigenvalue weighted by Gasteiger charge is -2.20. The van der Waals surface area contributed by atoms with Crippen LogP contribution in [0, 0.1) is 5.92 Å². The van der Waals surface area contributed by atoms with Crippen LogP contribution in [0.1, 0.15) is 33.6 Å². The standard InChI is InChI=1S/C12H23N/c1-7-13(6)12(5)9-8-11(4)10(2)3/h10H,4-5,7-9H2,1-3,6H3. The second kappa shape index (κ2) is 5.85. The van der Waals surface area contributed by atoms with Gasteiger partial charge in [0.25, 0.3) is 0 Å². The van der Waals surface area contributed by atoms with Gasteiger partial charge in [0.1, 0.15) is 0 Å². The van der Waals surface area contributed by atoms with E-state index in [2.05, 4.69) is 45.9 Å². The highest BCUT2D eigenvalue weighted by atomic mass is 15.1. The van der Waals surface area contributed by atoms with Crippen LogP contribution < -0.4 is 0 Å². The maximum atomic E-state index is 4.05. The molecule has 0 saturated carbocycles. The molecule has 0 aliphatic heterocycles. The normalized spacial score (nSPS) is 10.2. The largest absolute Gasteiger partial charge is 0.379 e. The minimum Gasteiger partial charge on any atom is -0.379 e. The molecular formula is C12H23N. The van der Waals surface area contributed by atoms with Gasteiger partial charge < -0.3 is 4.90 Å². The van der Waals surface area contributed by atoms with Crippen molar-refractivity contribution in [2.75, 3.05) is 13.6 Å². The van der Waals surface area contributed by atoms with Crippen LogP contribution in [0.25, 0.3) is 0 Å². The number of allylic oxidation sites excluding steroid dienone is 2. The van der Waals surface area contributed by atoms with Gasteiger partial charge >= 0.3 is 0 Å². The summed E-state index contributed by atoms with van der Waals surface area (Å²) in [5, 5.41) is 0. The van der Waals surface area contributed by atoms with Crippen molar-refractivity contribution in [3.63, 3.8) is 0 Å². The van der Waals surface area contributed by atoms with Crippen LogP contribution in [0.15, 0.2) is 24.4 Å². The summed E-state index contributed by atoms with van der Waals surface area (Å²) in [4.78, 5) is 2.19. The number of hydrogen-bond donors (Lipinski definition) is 0. The number of rotatable bonds is 6. The Hall–Kier alpha value is -0.720. The van der Waals surface area contributed by atoms with E-state index in [1.807, 2.05) is 0 Å². The van der Waals surface area contributed by atoms with Gasteiger partial charge in [0.2, 0.25) is 0 Å². The van der Waals surface area contributed by atoms with Gasteiger partial charge in [-0.25, -0.2) is 0 Å². The van der Waals surface area contributed by atoms with Crippen LogP contribution in [0.5, 0.6) is 0 Å². The van der Waals surface area contributed by atoms with Crippen molar-refractivity contribution >= 4 is 0 Å². The summed E-state index contributed by atoms with van der Waals surface area (Å²) in [5.74, 6) is 0.597. The van der Waals surface area contributed by atoms with Gasteiger partial charge in [-0.05, 0) is 25.7 Å². The Labute approximate surface area is 83.1 Å². The molecule has 0 bridgehead atoms. The quantitative estimate of drug-likeness (QED) is 0.567. The summed E-state index contributed by atoms with van der Waals surface area (Å²) in [6.07, 6.45) is 2.11. The minimum absolute atomic E-state index is 0.597. The molecular weight excluding hydrogens is 158 g/mol. The molecule has 0 aromatic heterocycles. The average molecular weight is 181 g/mol. The number of hydrogen-bond acceptors (Lipinski definition) is 1. The second-order valence-corrected chi connectivity index (χ2v) is 3.89. The lowest BCUT2D eigenvalue weighted by atomic mass is 9.99. The molecule has 13 heavy (non-hydrogen) atoms. The monoisotopic (exact) mass is 181 g/mol. The first kappa shape index (κ1) is 12.3. The van der Waals surface area contributed by atoms with E-state index >= 15 is 0 Å². The lowest BCUT2D eigenvalue weighted by Crippen LogP contribution is -2.16. The van der Waals surface area contributed by atoms with Crippen LogP contribution in [0.2, 0.25) is 0 Å². The fourth-order valence-electron chi connectivity index (χ4n) is 1.01. The fraction of sp³-hybridized carbons (Fsp3) is 0.667. The first-order valence-corrected chi connectivity index (χ1v) is 5.05. The third-order valence-corrected chi connectivity index (χ3v) is 2.57. The van der Waals surface area contributed by atoms with Crippen molar-refractivity contribution in [3.05, 3.63) is 24.4 Å². The molecule has 0 atom stereocenters. The molecule has 0 N–H and O–H groups in total. The van der Waals surface area contributed by atoms with E-state index < -0.39 is 0 Å². The van der Waals surface area contributed by atoms with E-state index in [9.17, 15) is 0 Å². The summed E-state index contributed by atoms with van der Waals surface area (Å²) >= 11 is 0. The van der Waals surface area contributed by atoms with E-state index in [-0.39, 0.29) is 0 Å². The molecule has 0 aromatic carbocycles. The zero-order valence-electron chi connectivity index (χ0n) is 9.56. The summed E-state index contributed by atoms with van der Waals surface area (Å²) in [5.41, 5.74) is 2.54. The predicted molar refractivity (Wildman–Crippen MR) is 60.7 cm³/mol. The third-order valence-electron chi connectivity index (χ3n) is 2.57. The SMILES string of the molecule is C=C(CCC(=C)N(C)CC)C(C)C. The Morgan fingerprint density at radius 3 is 2.15 bits per heavy atom. The van der Waals surface area contributed by atoms with E-state index in [0.717, 1.165) is 19.4 Å². The molecule has 0 rings (SSSR count). The smallest absolute Gasteiger partial charge is 0.0143 e. The molecule has 0 saturated heterocycles. The molecule has 0 heterocycles. The van der Waals surface area contributed by atoms with Gasteiger partial charge in [0.15, 0.2) is 0 Å². The predicted octanol–water partition coefficient (Wildman–Crippen LogP) is 3.44. The second-order valence-electron chi connectivity index (χ2n) is 3.89. The minimum atomic E-state index is 0.597. The molecule has 76 valence electrons. The lowest BCUT2D eigenvalue weighted by molar-refractivity contribution is 0.423. The van der Waals surface area contributed by atoms with E-state index in [0.29, 0.717) is 5.92 Å². The molecule has 0 aliphatic carbocycles. The molecule has 1 nitrogen and oxygen atoms in total. The third kappa shape index (κ3) is 4.76. The van der Waals surface area contributed by atoms with Crippen molar-refractivity contribution in [3.8, 4) is 0 Å². The molecule has 0 amide bonds. The highest BCUT2D eigenvalue weighted by Crippen LogP contribution is 2.17. The van der Waals surface area contributed by atoms with Crippen LogP contribution in [0.3, 0.4) is 0 Å². The summed E-state index contributed by atoms with van der Waals surface area (Å²) in [6, 6.07) is 0. The van der Waals surface area contributed by atoms with Crippen molar-refractivity contribution in [2.45, 2.75) is 33.6 Å². The van der Waals surface area contributed by atoms with Crippen LogP contribution in [-0.2, 0) is 0 Å². The fourth-order valence-corrected chi connectivity index (χ4v) is 1.01. The maximum absolute atomic E-state index is 4.05. The van der Waals surface area contributed by atoms with Gasteiger partial charge in [-0.1, -0.05) is 32.6 Å². The molecule has 0 aliphatic rings. The first-order valence-electron chi connectivity index (χ1n) is 5.05. The van der Waals surface area contributed by atoms with Gasteiger partial charge in [0, 0.05) is 19.3 Å². The van der Waals surface area contributed by atoms with Gasteiger partial charge in [-0.2, -0.15) is 0 Å². The van der Waals surface area contributed by atoms with Crippen LogP contribution in [0.4, 0.5) is 0 Å². The van der Waals surface area contributed by atoms with Crippen molar-refractivity contribution in [2.24, 2.45) is 5.92 Å². The van der Waals surface area contributed by atoms with Gasteiger partial charge in [-0.3, -0.25) is 0 Å². The van der Waals surface area contributed by atoms with Gasteiger partial charge in [0.05, 0.1) is 0 Å². The van der Waals surface area contributed by atoms with Crippen molar-refractivity contribution in [1.82, 2.24) is 4.90 Å². The number of nitrogens with zero attached hydrogens (tertiary/aromatic N) is 1. The summed E-state index contributed by atoms with van der Waals surface area (Å²) < 4.78 is 0. The Morgan fingerprint density at radius 2 is 1.77 bits per heavy atom. The van der Waals surface area contributed by atoms with Gasteiger partial charge in [-0.15, -0.1) is 0 Å². The van der Waals surface area contributed by atoms with E-state index in [1.54, 1.807) is 0 Å². The Bertz CT molecular complexity index is 180. The summed E-state index contributed by atoms with van der Waals surface area (Å²) in [7, 11) is 2.08. The highest BCUT2D eigenvalue weighted by molar-refractivity contribution is 5.02. The molecule has 0 fully saturated rings. The molecule has 0 unspecified atom stereocenters. The topological polar surface area (TPSA) is 3.24 Å². The highest BCUT2D eigenvalue weighted by Gasteiger charge is 2.03. The summed E-state index contributed by atoms with van der Waals surface area (Å²) in [6.45, 7) is 15.6. The van der Waals surface area contributed by atoms with Crippen molar-refractivity contribution < 1.29 is 0 Å². The van der Waals surface area contributed by atoms with Crippen molar-refractivity contribution in [1.29, 1.82) is 0 Å². The Morgan fingerprint density at radius 1 is 1.23 bits per heavy atom. The zero-order valence-corrected chi connectivity index (χ0v) is 9.56.